The fourth-order valence-corrected chi connectivity index (χ4v) is 1.31. The van der Waals surface area contributed by atoms with Gasteiger partial charge in [0, 0.05) is 10.7 Å². The summed E-state index contributed by atoms with van der Waals surface area (Å²) in [6, 6.07) is 1.28. The molecule has 1 heterocycles. The van der Waals surface area contributed by atoms with E-state index in [-0.39, 0.29) is 5.69 Å². The number of rotatable bonds is 2. The van der Waals surface area contributed by atoms with Crippen molar-refractivity contribution in [2.75, 3.05) is 7.11 Å². The van der Waals surface area contributed by atoms with E-state index in [9.17, 15) is 13.6 Å². The van der Waals surface area contributed by atoms with Gasteiger partial charge in [-0.1, -0.05) is 0 Å². The zero-order valence-corrected chi connectivity index (χ0v) is 8.22. The van der Waals surface area contributed by atoms with Gasteiger partial charge in [-0.05, 0) is 22.0 Å². The molecule has 0 aliphatic heterocycles. The molecule has 0 bridgehead atoms. The lowest BCUT2D eigenvalue weighted by Gasteiger charge is -2.04. The summed E-state index contributed by atoms with van der Waals surface area (Å²) in [7, 11) is 1.14. The number of carbonyl (C=O) groups excluding carboxylic acids is 1. The van der Waals surface area contributed by atoms with Crippen LogP contribution < -0.4 is 0 Å². The highest BCUT2D eigenvalue weighted by Gasteiger charge is 2.18. The quantitative estimate of drug-likeness (QED) is 0.759. The Balaban J connectivity index is 3.11. The van der Waals surface area contributed by atoms with Gasteiger partial charge in [-0.3, -0.25) is 4.57 Å². The fraction of sp³-hybridized carbons (Fsp3) is 0.286. The highest BCUT2D eigenvalue weighted by molar-refractivity contribution is 9.10. The van der Waals surface area contributed by atoms with Crippen LogP contribution >= 0.6 is 15.9 Å². The van der Waals surface area contributed by atoms with Crippen molar-refractivity contribution in [3.8, 4) is 0 Å². The maximum Gasteiger partial charge on any atom is 0.354 e. The molecule has 1 aromatic rings. The first-order valence-corrected chi connectivity index (χ1v) is 4.09. The van der Waals surface area contributed by atoms with E-state index < -0.39 is 12.5 Å². The lowest BCUT2D eigenvalue weighted by atomic mass is 10.4. The molecule has 0 N–H and O–H groups in total. The molecule has 0 unspecified atom stereocenters. The minimum absolute atomic E-state index is 0.177. The number of hydrogen-bond acceptors (Lipinski definition) is 2. The van der Waals surface area contributed by atoms with E-state index in [0.29, 0.717) is 9.04 Å². The second-order valence-electron chi connectivity index (χ2n) is 2.22. The van der Waals surface area contributed by atoms with Crippen LogP contribution in [0.4, 0.5) is 8.78 Å². The molecule has 0 fully saturated rings. The summed E-state index contributed by atoms with van der Waals surface area (Å²) in [5.74, 6) is -0.786. The molecule has 6 heteroatoms. The monoisotopic (exact) mass is 253 g/mol. The van der Waals surface area contributed by atoms with Crippen LogP contribution in [0.1, 0.15) is 17.0 Å². The smallest absolute Gasteiger partial charge is 0.354 e. The number of aromatic nitrogens is 1. The number of hydrogen-bond donors (Lipinski definition) is 0. The summed E-state index contributed by atoms with van der Waals surface area (Å²) >= 11 is 2.99. The Morgan fingerprint density at radius 2 is 2.31 bits per heavy atom. The second kappa shape index (κ2) is 3.87. The third-order valence-electron chi connectivity index (χ3n) is 1.42. The maximum absolute atomic E-state index is 12.3. The van der Waals surface area contributed by atoms with Crippen LogP contribution in [0, 0.1) is 0 Å². The van der Waals surface area contributed by atoms with E-state index in [1.807, 2.05) is 0 Å². The molecule has 0 atom stereocenters. The van der Waals surface area contributed by atoms with E-state index in [1.54, 1.807) is 0 Å². The van der Waals surface area contributed by atoms with Crippen molar-refractivity contribution in [2.24, 2.45) is 0 Å². The number of esters is 1. The van der Waals surface area contributed by atoms with Gasteiger partial charge >= 0.3 is 12.5 Å². The number of ether oxygens (including phenoxy) is 1. The average molecular weight is 254 g/mol. The number of alkyl halides is 2. The zero-order chi connectivity index (χ0) is 10.0. The molecule has 0 saturated heterocycles. The molecular weight excluding hydrogens is 248 g/mol. The summed E-state index contributed by atoms with van der Waals surface area (Å²) in [4.78, 5) is 11.0. The van der Waals surface area contributed by atoms with Crippen LogP contribution in [-0.4, -0.2) is 17.6 Å². The van der Waals surface area contributed by atoms with Gasteiger partial charge in [0.25, 0.3) is 0 Å². The topological polar surface area (TPSA) is 31.2 Å². The third-order valence-corrected chi connectivity index (χ3v) is 1.85. The van der Waals surface area contributed by atoms with Crippen LogP contribution in [0.3, 0.4) is 0 Å². The molecule has 1 aromatic heterocycles. The predicted molar refractivity (Wildman–Crippen MR) is 44.7 cm³/mol. The summed E-state index contributed by atoms with van der Waals surface area (Å²) in [6.45, 7) is -2.75. The van der Waals surface area contributed by atoms with Crippen molar-refractivity contribution in [1.82, 2.24) is 4.57 Å². The first kappa shape index (κ1) is 10.2. The Morgan fingerprint density at radius 3 is 2.77 bits per heavy atom. The van der Waals surface area contributed by atoms with Gasteiger partial charge in [0.1, 0.15) is 5.69 Å². The van der Waals surface area contributed by atoms with Crippen LogP contribution in [0.25, 0.3) is 0 Å². The van der Waals surface area contributed by atoms with E-state index >= 15 is 0 Å². The lowest BCUT2D eigenvalue weighted by molar-refractivity contribution is 0.0468. The number of carbonyl (C=O) groups is 1. The first-order chi connectivity index (χ1) is 6.06. The largest absolute Gasteiger partial charge is 0.464 e. The van der Waals surface area contributed by atoms with E-state index in [0.717, 1.165) is 13.3 Å². The van der Waals surface area contributed by atoms with Crippen molar-refractivity contribution in [3.05, 3.63) is 22.4 Å². The standard InChI is InChI=1S/C7H6BrF2NO2/c1-13-6(12)5-2-4(8)3-11(5)7(9)10/h2-3,7H,1H3. The van der Waals surface area contributed by atoms with Crippen molar-refractivity contribution in [2.45, 2.75) is 6.55 Å². The van der Waals surface area contributed by atoms with E-state index in [1.165, 1.54) is 6.07 Å². The Hall–Kier alpha value is -0.910. The molecule has 0 aliphatic rings. The Morgan fingerprint density at radius 1 is 1.69 bits per heavy atom. The Labute approximate surface area is 81.4 Å². The van der Waals surface area contributed by atoms with Gasteiger partial charge in [0.2, 0.25) is 0 Å². The molecule has 0 aromatic carbocycles. The average Bonchev–Trinajstić information content (AvgIpc) is 2.46. The minimum Gasteiger partial charge on any atom is -0.464 e. The van der Waals surface area contributed by atoms with Gasteiger partial charge in [-0.25, -0.2) is 4.79 Å². The molecule has 1 rings (SSSR count). The third kappa shape index (κ3) is 2.06. The van der Waals surface area contributed by atoms with E-state index in [4.69, 9.17) is 0 Å². The Bertz CT molecular complexity index is 324. The van der Waals surface area contributed by atoms with Crippen molar-refractivity contribution in [1.29, 1.82) is 0 Å². The molecule has 13 heavy (non-hydrogen) atoms. The predicted octanol–water partition coefficient (Wildman–Crippen LogP) is 2.43. The van der Waals surface area contributed by atoms with Gasteiger partial charge < -0.3 is 4.74 Å². The molecule has 0 saturated carbocycles. The number of nitrogens with zero attached hydrogens (tertiary/aromatic N) is 1. The highest BCUT2D eigenvalue weighted by atomic mass is 79.9. The molecule has 0 radical (unpaired) electrons. The highest BCUT2D eigenvalue weighted by Crippen LogP contribution is 2.21. The summed E-state index contributed by atoms with van der Waals surface area (Å²) in [5, 5.41) is 0. The first-order valence-electron chi connectivity index (χ1n) is 3.30. The fourth-order valence-electron chi connectivity index (χ4n) is 0.875. The van der Waals surface area contributed by atoms with Crippen molar-refractivity contribution < 1.29 is 18.3 Å². The van der Waals surface area contributed by atoms with Crippen LogP contribution in [0.5, 0.6) is 0 Å². The molecule has 0 amide bonds. The Kier molecular flexibility index (Phi) is 3.02. The minimum atomic E-state index is -2.75. The van der Waals surface area contributed by atoms with Crippen LogP contribution in [0.2, 0.25) is 0 Å². The van der Waals surface area contributed by atoms with Gasteiger partial charge in [-0.2, -0.15) is 8.78 Å². The lowest BCUT2D eigenvalue weighted by Crippen LogP contribution is -2.10. The van der Waals surface area contributed by atoms with E-state index in [2.05, 4.69) is 20.7 Å². The summed E-state index contributed by atoms with van der Waals surface area (Å²) in [5.41, 5.74) is -0.177. The van der Waals surface area contributed by atoms with Crippen molar-refractivity contribution in [3.63, 3.8) is 0 Å². The number of methoxy groups -OCH3 is 1. The van der Waals surface area contributed by atoms with Crippen molar-refractivity contribution >= 4 is 21.9 Å². The molecular formula is C7H6BrF2NO2. The normalized spacial score (nSPS) is 10.5. The summed E-state index contributed by atoms with van der Waals surface area (Å²) < 4.78 is 29.8. The maximum atomic E-state index is 12.3. The molecule has 0 aliphatic carbocycles. The molecule has 72 valence electrons. The van der Waals surface area contributed by atoms with Gasteiger partial charge in [-0.15, -0.1) is 0 Å². The molecule has 0 spiro atoms. The zero-order valence-electron chi connectivity index (χ0n) is 6.63. The summed E-state index contributed by atoms with van der Waals surface area (Å²) in [6.07, 6.45) is 1.12. The van der Waals surface area contributed by atoms with Crippen LogP contribution in [0.15, 0.2) is 16.7 Å². The second-order valence-corrected chi connectivity index (χ2v) is 3.14. The number of halogens is 3. The van der Waals surface area contributed by atoms with Gasteiger partial charge in [0.15, 0.2) is 0 Å². The van der Waals surface area contributed by atoms with Gasteiger partial charge in [0.05, 0.1) is 7.11 Å². The molecule has 3 nitrogen and oxygen atoms in total. The van der Waals surface area contributed by atoms with Crippen LogP contribution in [-0.2, 0) is 4.74 Å². The SMILES string of the molecule is COC(=O)c1cc(Br)cn1C(F)F.